The van der Waals surface area contributed by atoms with E-state index in [9.17, 15) is 9.59 Å². The minimum atomic E-state index is -0.471. The molecule has 4 atom stereocenters. The van der Waals surface area contributed by atoms with Gasteiger partial charge in [0.2, 0.25) is 11.8 Å². The number of hydrogen-bond donors (Lipinski definition) is 2. The maximum atomic E-state index is 12.4. The second kappa shape index (κ2) is 9.00. The van der Waals surface area contributed by atoms with Gasteiger partial charge in [0.1, 0.15) is 12.1 Å². The standard InChI is InChI=1S/C15H28N2O4/c1-5-6-7-12(16-11(3)18)15(19)17-13-8-10(2)21-14(13)9-20-4/h10,12-14H,5-9H2,1-4H3,(H,16,18)(H,17,19)/t10-,12?,13-,14+/m0/s1. The summed E-state index contributed by atoms with van der Waals surface area (Å²) < 4.78 is 10.9. The molecule has 1 unspecified atom stereocenters. The average molecular weight is 300 g/mol. The number of hydrogen-bond acceptors (Lipinski definition) is 4. The lowest BCUT2D eigenvalue weighted by Crippen LogP contribution is -2.51. The summed E-state index contributed by atoms with van der Waals surface area (Å²) in [6, 6.07) is -0.535. The van der Waals surface area contributed by atoms with Gasteiger partial charge in [0.15, 0.2) is 0 Å². The van der Waals surface area contributed by atoms with Gasteiger partial charge in [-0.2, -0.15) is 0 Å². The zero-order valence-corrected chi connectivity index (χ0v) is 13.5. The Labute approximate surface area is 126 Å². The Morgan fingerprint density at radius 2 is 2.14 bits per heavy atom. The molecule has 0 radical (unpaired) electrons. The van der Waals surface area contributed by atoms with Gasteiger partial charge in [-0.15, -0.1) is 0 Å². The van der Waals surface area contributed by atoms with Gasteiger partial charge in [-0.25, -0.2) is 0 Å². The first kappa shape index (κ1) is 17.9. The zero-order chi connectivity index (χ0) is 15.8. The highest BCUT2D eigenvalue weighted by molar-refractivity contribution is 5.87. The molecule has 6 heteroatoms. The lowest BCUT2D eigenvalue weighted by molar-refractivity contribution is -0.129. The molecule has 1 saturated heterocycles. The number of ether oxygens (including phenoxy) is 2. The SMILES string of the molecule is CCCCC(NC(C)=O)C(=O)N[C@H]1C[C@H](C)O[C@@H]1COC. The fraction of sp³-hybridized carbons (Fsp3) is 0.867. The molecule has 21 heavy (non-hydrogen) atoms. The number of carbonyl (C=O) groups is 2. The second-order valence-electron chi connectivity index (χ2n) is 5.69. The molecule has 1 fully saturated rings. The molecular formula is C15H28N2O4. The van der Waals surface area contributed by atoms with Gasteiger partial charge in [0, 0.05) is 14.0 Å². The molecule has 2 amide bonds. The number of rotatable bonds is 8. The zero-order valence-electron chi connectivity index (χ0n) is 13.5. The molecule has 6 nitrogen and oxygen atoms in total. The van der Waals surface area contributed by atoms with Gasteiger partial charge < -0.3 is 20.1 Å². The lowest BCUT2D eigenvalue weighted by atomic mass is 10.1. The largest absolute Gasteiger partial charge is 0.382 e. The van der Waals surface area contributed by atoms with Crippen LogP contribution in [0.15, 0.2) is 0 Å². The Morgan fingerprint density at radius 3 is 2.71 bits per heavy atom. The van der Waals surface area contributed by atoms with Crippen molar-refractivity contribution in [3.05, 3.63) is 0 Å². The molecule has 1 rings (SSSR count). The molecule has 0 aromatic rings. The van der Waals surface area contributed by atoms with E-state index in [0.717, 1.165) is 19.3 Å². The molecule has 1 aliphatic rings. The molecule has 122 valence electrons. The lowest BCUT2D eigenvalue weighted by Gasteiger charge is -2.23. The average Bonchev–Trinajstić information content (AvgIpc) is 2.74. The number of methoxy groups -OCH3 is 1. The van der Waals surface area contributed by atoms with Crippen LogP contribution in [0.5, 0.6) is 0 Å². The van der Waals surface area contributed by atoms with Gasteiger partial charge in [0.25, 0.3) is 0 Å². The summed E-state index contributed by atoms with van der Waals surface area (Å²) in [4.78, 5) is 23.6. The summed E-state index contributed by atoms with van der Waals surface area (Å²) in [5.41, 5.74) is 0. The maximum absolute atomic E-state index is 12.4. The normalized spacial score (nSPS) is 26.4. The predicted octanol–water partition coefficient (Wildman–Crippen LogP) is 0.990. The van der Waals surface area contributed by atoms with Crippen LogP contribution in [0.3, 0.4) is 0 Å². The van der Waals surface area contributed by atoms with Crippen molar-refractivity contribution >= 4 is 11.8 Å². The Morgan fingerprint density at radius 1 is 1.43 bits per heavy atom. The number of amides is 2. The van der Waals surface area contributed by atoms with Crippen molar-refractivity contribution in [3.63, 3.8) is 0 Å². The van der Waals surface area contributed by atoms with E-state index in [-0.39, 0.29) is 30.1 Å². The Bertz CT molecular complexity index is 349. The smallest absolute Gasteiger partial charge is 0.242 e. The van der Waals surface area contributed by atoms with Crippen molar-refractivity contribution in [1.29, 1.82) is 0 Å². The van der Waals surface area contributed by atoms with Crippen LogP contribution in [0.1, 0.15) is 46.5 Å². The van der Waals surface area contributed by atoms with E-state index in [1.165, 1.54) is 6.92 Å². The summed E-state index contributed by atoms with van der Waals surface area (Å²) in [5.74, 6) is -0.321. The molecular weight excluding hydrogens is 272 g/mol. The Kier molecular flexibility index (Phi) is 7.67. The van der Waals surface area contributed by atoms with Crippen LogP contribution in [0.25, 0.3) is 0 Å². The van der Waals surface area contributed by atoms with Gasteiger partial charge in [0.05, 0.1) is 18.8 Å². The first-order chi connectivity index (χ1) is 9.97. The predicted molar refractivity (Wildman–Crippen MR) is 79.9 cm³/mol. The van der Waals surface area contributed by atoms with Crippen LogP contribution in [-0.4, -0.2) is 49.8 Å². The third-order valence-corrected chi connectivity index (χ3v) is 3.64. The number of unbranched alkanes of at least 4 members (excludes halogenated alkanes) is 1. The van der Waals surface area contributed by atoms with E-state index in [1.807, 2.05) is 6.92 Å². The number of nitrogens with one attached hydrogen (secondary N) is 2. The quantitative estimate of drug-likeness (QED) is 0.701. The highest BCUT2D eigenvalue weighted by atomic mass is 16.5. The minimum Gasteiger partial charge on any atom is -0.382 e. The van der Waals surface area contributed by atoms with Crippen molar-refractivity contribution in [2.45, 2.75) is 70.7 Å². The molecule has 1 aliphatic heterocycles. The van der Waals surface area contributed by atoms with Gasteiger partial charge >= 0.3 is 0 Å². The second-order valence-corrected chi connectivity index (χ2v) is 5.69. The Hall–Kier alpha value is -1.14. The van der Waals surface area contributed by atoms with Crippen LogP contribution in [0.4, 0.5) is 0 Å². The van der Waals surface area contributed by atoms with E-state index in [1.54, 1.807) is 7.11 Å². The van der Waals surface area contributed by atoms with Gasteiger partial charge in [-0.3, -0.25) is 9.59 Å². The van der Waals surface area contributed by atoms with E-state index in [0.29, 0.717) is 13.0 Å². The fourth-order valence-corrected chi connectivity index (χ4v) is 2.64. The van der Waals surface area contributed by atoms with E-state index >= 15 is 0 Å². The van der Waals surface area contributed by atoms with Crippen LogP contribution in [-0.2, 0) is 19.1 Å². The first-order valence-corrected chi connectivity index (χ1v) is 7.69. The Balaban J connectivity index is 2.59. The molecule has 0 saturated carbocycles. The van der Waals surface area contributed by atoms with E-state index in [4.69, 9.17) is 9.47 Å². The topological polar surface area (TPSA) is 76.7 Å². The summed E-state index contributed by atoms with van der Waals surface area (Å²) >= 11 is 0. The van der Waals surface area contributed by atoms with Crippen molar-refractivity contribution in [1.82, 2.24) is 10.6 Å². The van der Waals surface area contributed by atoms with Crippen LogP contribution < -0.4 is 10.6 Å². The third-order valence-electron chi connectivity index (χ3n) is 3.64. The molecule has 0 bridgehead atoms. The molecule has 0 aromatic heterocycles. The molecule has 0 aromatic carbocycles. The van der Waals surface area contributed by atoms with Crippen LogP contribution in [0.2, 0.25) is 0 Å². The summed E-state index contributed by atoms with van der Waals surface area (Å²) in [6.07, 6.45) is 3.28. The highest BCUT2D eigenvalue weighted by Gasteiger charge is 2.35. The molecule has 0 aliphatic carbocycles. The van der Waals surface area contributed by atoms with E-state index in [2.05, 4.69) is 17.6 Å². The molecule has 0 spiro atoms. The van der Waals surface area contributed by atoms with Crippen molar-refractivity contribution in [2.75, 3.05) is 13.7 Å². The summed E-state index contributed by atoms with van der Waals surface area (Å²) in [6.45, 7) is 5.93. The summed E-state index contributed by atoms with van der Waals surface area (Å²) in [5, 5.41) is 5.72. The summed E-state index contributed by atoms with van der Waals surface area (Å²) in [7, 11) is 1.62. The number of carbonyl (C=O) groups excluding carboxylic acids is 2. The van der Waals surface area contributed by atoms with E-state index < -0.39 is 6.04 Å². The molecule has 2 N–H and O–H groups in total. The minimum absolute atomic E-state index is 0.0645. The molecule has 1 heterocycles. The van der Waals surface area contributed by atoms with Crippen LogP contribution in [0, 0.1) is 0 Å². The van der Waals surface area contributed by atoms with Crippen LogP contribution >= 0.6 is 0 Å². The van der Waals surface area contributed by atoms with Gasteiger partial charge in [-0.1, -0.05) is 19.8 Å². The van der Waals surface area contributed by atoms with Crippen molar-refractivity contribution in [3.8, 4) is 0 Å². The monoisotopic (exact) mass is 300 g/mol. The first-order valence-electron chi connectivity index (χ1n) is 7.69. The fourth-order valence-electron chi connectivity index (χ4n) is 2.64. The van der Waals surface area contributed by atoms with Crippen molar-refractivity contribution < 1.29 is 19.1 Å². The van der Waals surface area contributed by atoms with Gasteiger partial charge in [-0.05, 0) is 19.8 Å². The maximum Gasteiger partial charge on any atom is 0.242 e. The van der Waals surface area contributed by atoms with Crippen molar-refractivity contribution in [2.24, 2.45) is 0 Å². The third kappa shape index (κ3) is 6.01. The highest BCUT2D eigenvalue weighted by Crippen LogP contribution is 2.20.